The van der Waals surface area contributed by atoms with Crippen LogP contribution < -0.4 is 0 Å². The first-order valence-electron chi connectivity index (χ1n) is 14.0. The minimum Gasteiger partial charge on any atom is -0.248 e. The van der Waals surface area contributed by atoms with E-state index in [1.807, 2.05) is 34.0 Å². The minimum atomic E-state index is 0.689. The van der Waals surface area contributed by atoms with Crippen molar-refractivity contribution in [2.75, 3.05) is 0 Å². The molecule has 0 aliphatic heterocycles. The molecule has 4 aromatic heterocycles. The van der Waals surface area contributed by atoms with Crippen molar-refractivity contribution in [3.05, 3.63) is 45.9 Å². The highest BCUT2D eigenvalue weighted by molar-refractivity contribution is 7.27. The van der Waals surface area contributed by atoms with Crippen LogP contribution in [0.4, 0.5) is 0 Å². The van der Waals surface area contributed by atoms with Gasteiger partial charge < -0.3 is 0 Å². The van der Waals surface area contributed by atoms with Gasteiger partial charge in [0.2, 0.25) is 0 Å². The van der Waals surface area contributed by atoms with Crippen LogP contribution in [0.15, 0.2) is 29.6 Å². The molecule has 2 unspecified atom stereocenters. The maximum atomic E-state index is 5.51. The van der Waals surface area contributed by atoms with Gasteiger partial charge in [0.05, 0.1) is 21.1 Å². The van der Waals surface area contributed by atoms with Gasteiger partial charge in [0.25, 0.3) is 0 Å². The van der Waals surface area contributed by atoms with Crippen LogP contribution in [-0.4, -0.2) is 9.97 Å². The maximum Gasteiger partial charge on any atom is 0.109 e. The van der Waals surface area contributed by atoms with Crippen molar-refractivity contribution in [2.24, 2.45) is 11.8 Å². The molecule has 0 aliphatic carbocycles. The van der Waals surface area contributed by atoms with Crippen molar-refractivity contribution in [3.63, 3.8) is 0 Å². The number of thiophene rings is 3. The second-order valence-corrected chi connectivity index (χ2v) is 13.5. The molecule has 194 valence electrons. The molecule has 2 atom stereocenters. The van der Waals surface area contributed by atoms with Crippen LogP contribution in [0, 0.1) is 18.8 Å². The summed E-state index contributed by atoms with van der Waals surface area (Å²) in [5.41, 5.74) is 4.78. The fourth-order valence-corrected chi connectivity index (χ4v) is 8.09. The fourth-order valence-electron chi connectivity index (χ4n) is 5.08. The molecule has 2 nitrogen and oxygen atoms in total. The molecule has 0 aromatic carbocycles. The molecule has 36 heavy (non-hydrogen) atoms. The molecule has 0 saturated heterocycles. The zero-order valence-corrected chi connectivity index (χ0v) is 25.2. The first-order chi connectivity index (χ1) is 17.6. The number of unbranched alkanes of at least 4 members (excludes halogenated alkanes) is 2. The molecule has 4 heterocycles. The van der Waals surface area contributed by atoms with Crippen molar-refractivity contribution in [3.8, 4) is 19.5 Å². The lowest BCUT2D eigenvalue weighted by molar-refractivity contribution is 0.427. The molecule has 0 spiro atoms. The predicted octanol–water partition coefficient (Wildman–Crippen LogP) is 11.0. The Morgan fingerprint density at radius 2 is 1.31 bits per heavy atom. The van der Waals surface area contributed by atoms with E-state index in [1.165, 1.54) is 87.1 Å². The monoisotopic (exact) mass is 538 g/mol. The lowest BCUT2D eigenvalue weighted by Gasteiger charge is -2.19. The lowest BCUT2D eigenvalue weighted by atomic mass is 9.89. The molecule has 0 N–H and O–H groups in total. The van der Waals surface area contributed by atoms with Gasteiger partial charge in [0.15, 0.2) is 0 Å². The molecule has 0 aliphatic rings. The van der Waals surface area contributed by atoms with Gasteiger partial charge in [-0.05, 0) is 55.2 Å². The van der Waals surface area contributed by atoms with Crippen molar-refractivity contribution in [1.82, 2.24) is 9.97 Å². The third-order valence-electron chi connectivity index (χ3n) is 7.44. The van der Waals surface area contributed by atoms with E-state index in [0.717, 1.165) is 23.9 Å². The van der Waals surface area contributed by atoms with E-state index in [0.29, 0.717) is 11.8 Å². The summed E-state index contributed by atoms with van der Waals surface area (Å²) in [7, 11) is 0. The van der Waals surface area contributed by atoms with Gasteiger partial charge in [0.1, 0.15) is 11.0 Å². The third kappa shape index (κ3) is 6.46. The third-order valence-corrected chi connectivity index (χ3v) is 10.8. The second-order valence-electron chi connectivity index (χ2n) is 10.2. The molecular formula is C31H42N2S3. The summed E-state index contributed by atoms with van der Waals surface area (Å²) in [5, 5.41) is 2.18. The molecule has 5 heteroatoms. The molecule has 0 amide bonds. The van der Waals surface area contributed by atoms with E-state index in [9.17, 15) is 0 Å². The normalized spacial score (nSPS) is 13.5. The summed E-state index contributed by atoms with van der Waals surface area (Å²) in [6.07, 6.45) is 12.3. The number of rotatable bonds is 14. The largest absolute Gasteiger partial charge is 0.248 e. The van der Waals surface area contributed by atoms with E-state index < -0.39 is 0 Å². The molecule has 4 rings (SSSR count). The average Bonchev–Trinajstić information content (AvgIpc) is 3.64. The number of aromatic nitrogens is 2. The van der Waals surface area contributed by atoms with E-state index in [4.69, 9.17) is 9.97 Å². The Hall–Kier alpha value is -1.56. The van der Waals surface area contributed by atoms with Crippen molar-refractivity contribution in [2.45, 2.75) is 98.8 Å². The predicted molar refractivity (Wildman–Crippen MR) is 163 cm³/mol. The van der Waals surface area contributed by atoms with Crippen LogP contribution in [0.5, 0.6) is 0 Å². The van der Waals surface area contributed by atoms with Crippen molar-refractivity contribution in [1.29, 1.82) is 0 Å². The highest BCUT2D eigenvalue weighted by Gasteiger charge is 2.23. The lowest BCUT2D eigenvalue weighted by Crippen LogP contribution is -2.13. The molecule has 0 saturated carbocycles. The summed E-state index contributed by atoms with van der Waals surface area (Å²) in [6, 6.07) is 8.90. The Morgan fingerprint density at radius 1 is 0.722 bits per heavy atom. The Bertz CT molecular complexity index is 1220. The van der Waals surface area contributed by atoms with Crippen LogP contribution in [0.1, 0.15) is 95.3 Å². The molecular weight excluding hydrogens is 497 g/mol. The smallest absolute Gasteiger partial charge is 0.109 e. The highest BCUT2D eigenvalue weighted by atomic mass is 32.1. The van der Waals surface area contributed by atoms with Crippen LogP contribution in [-0.2, 0) is 12.8 Å². The SMILES string of the molecule is CCCCC(CC)Cc1nc2c(-c3cccs3)sc(-c3ccc(C)s3)c2nc1CC(CC)CCCC. The van der Waals surface area contributed by atoms with Crippen LogP contribution in [0.3, 0.4) is 0 Å². The van der Waals surface area contributed by atoms with E-state index >= 15 is 0 Å². The van der Waals surface area contributed by atoms with Crippen molar-refractivity contribution < 1.29 is 0 Å². The highest BCUT2D eigenvalue weighted by Crippen LogP contribution is 2.46. The van der Waals surface area contributed by atoms with Crippen LogP contribution in [0.2, 0.25) is 0 Å². The quantitative estimate of drug-likeness (QED) is 0.159. The van der Waals surface area contributed by atoms with Gasteiger partial charge in [0, 0.05) is 14.6 Å². The topological polar surface area (TPSA) is 25.8 Å². The fraction of sp³-hybridized carbons (Fsp3) is 0.548. The summed E-state index contributed by atoms with van der Waals surface area (Å²) in [6.45, 7) is 11.5. The zero-order chi connectivity index (χ0) is 25.5. The van der Waals surface area contributed by atoms with Gasteiger partial charge in [-0.25, -0.2) is 9.97 Å². The first kappa shape index (κ1) is 27.5. The summed E-state index contributed by atoms with van der Waals surface area (Å²) < 4.78 is 0. The van der Waals surface area contributed by atoms with Gasteiger partial charge in [-0.15, -0.1) is 34.0 Å². The minimum absolute atomic E-state index is 0.689. The van der Waals surface area contributed by atoms with Gasteiger partial charge in [-0.2, -0.15) is 0 Å². The second kappa shape index (κ2) is 13.3. The Kier molecular flexibility index (Phi) is 10.1. The zero-order valence-electron chi connectivity index (χ0n) is 22.7. The number of fused-ring (bicyclic) bond motifs is 1. The molecule has 0 radical (unpaired) electrons. The summed E-state index contributed by atoms with van der Waals surface area (Å²) in [4.78, 5) is 17.6. The standard InChI is InChI=1S/C31H42N2S3/c1-6-10-13-22(8-3)19-24-25(20-23(9-4)14-11-7-2)33-29-28(32-24)30(26-15-12-18-34-26)36-31(29)27-17-16-21(5)35-27/h12,15-18,22-23H,6-11,13-14,19-20H2,1-5H3. The van der Waals surface area contributed by atoms with Gasteiger partial charge >= 0.3 is 0 Å². The van der Waals surface area contributed by atoms with Crippen molar-refractivity contribution >= 4 is 45.0 Å². The Labute approximate surface area is 230 Å². The summed E-state index contributed by atoms with van der Waals surface area (Å²) >= 11 is 5.58. The molecule has 0 fully saturated rings. The van der Waals surface area contributed by atoms with E-state index in [-0.39, 0.29) is 0 Å². The molecule has 0 bridgehead atoms. The maximum absolute atomic E-state index is 5.51. The van der Waals surface area contributed by atoms with Gasteiger partial charge in [-0.1, -0.05) is 85.1 Å². The van der Waals surface area contributed by atoms with Gasteiger partial charge in [-0.3, -0.25) is 0 Å². The molecule has 4 aromatic rings. The average molecular weight is 539 g/mol. The number of hydrogen-bond acceptors (Lipinski definition) is 5. The van der Waals surface area contributed by atoms with Crippen LogP contribution >= 0.6 is 34.0 Å². The number of hydrogen-bond donors (Lipinski definition) is 0. The number of nitrogens with zero attached hydrogens (tertiary/aromatic N) is 2. The van der Waals surface area contributed by atoms with E-state index in [1.54, 1.807) is 0 Å². The Balaban J connectivity index is 1.86. The number of aryl methyl sites for hydroxylation is 1. The first-order valence-corrected chi connectivity index (χ1v) is 16.5. The van der Waals surface area contributed by atoms with Crippen LogP contribution in [0.25, 0.3) is 30.5 Å². The summed E-state index contributed by atoms with van der Waals surface area (Å²) in [5.74, 6) is 1.38. The van der Waals surface area contributed by atoms with E-state index in [2.05, 4.69) is 64.3 Å². The Morgan fingerprint density at radius 3 is 1.75 bits per heavy atom.